The number of ether oxygens (including phenoxy) is 1. The van der Waals surface area contributed by atoms with Crippen LogP contribution in [0.15, 0.2) is 18.6 Å². The molecule has 102 valence electrons. The van der Waals surface area contributed by atoms with Gasteiger partial charge in [0.2, 0.25) is 0 Å². The maximum atomic E-state index is 12.4. The molecule has 2 aliphatic heterocycles. The van der Waals surface area contributed by atoms with Crippen LogP contribution in [0, 0.1) is 5.92 Å². The number of rotatable bonds is 1. The van der Waals surface area contributed by atoms with E-state index in [1.165, 1.54) is 6.20 Å². The molecule has 5 heteroatoms. The number of aromatic nitrogens is 2. The average molecular weight is 261 g/mol. The number of nitrogens with zero attached hydrogens (tertiary/aromatic N) is 3. The summed E-state index contributed by atoms with van der Waals surface area (Å²) in [6, 6.07) is 0. The molecule has 0 aromatic carbocycles. The number of piperidine rings is 1. The summed E-state index contributed by atoms with van der Waals surface area (Å²) >= 11 is 0. The molecular formula is C14H19N3O2. The smallest absolute Gasteiger partial charge is 0.274 e. The van der Waals surface area contributed by atoms with E-state index in [0.717, 1.165) is 32.4 Å². The van der Waals surface area contributed by atoms with Crippen molar-refractivity contribution in [3.63, 3.8) is 0 Å². The van der Waals surface area contributed by atoms with Crippen molar-refractivity contribution in [1.82, 2.24) is 14.9 Å². The number of amides is 1. The summed E-state index contributed by atoms with van der Waals surface area (Å²) in [5.74, 6) is 0.557. The van der Waals surface area contributed by atoms with Crippen LogP contribution in [0.1, 0.15) is 36.7 Å². The highest BCUT2D eigenvalue weighted by atomic mass is 16.5. The van der Waals surface area contributed by atoms with Crippen LogP contribution in [-0.4, -0.2) is 46.1 Å². The predicted octanol–water partition coefficient (Wildman–Crippen LogP) is 1.51. The van der Waals surface area contributed by atoms with Gasteiger partial charge in [-0.3, -0.25) is 9.78 Å². The van der Waals surface area contributed by atoms with Crippen LogP contribution < -0.4 is 0 Å². The molecule has 0 radical (unpaired) electrons. The molecule has 19 heavy (non-hydrogen) atoms. The van der Waals surface area contributed by atoms with E-state index >= 15 is 0 Å². The molecular weight excluding hydrogens is 242 g/mol. The van der Waals surface area contributed by atoms with Crippen LogP contribution in [0.5, 0.6) is 0 Å². The topological polar surface area (TPSA) is 55.3 Å². The summed E-state index contributed by atoms with van der Waals surface area (Å²) in [4.78, 5) is 22.3. The highest BCUT2D eigenvalue weighted by molar-refractivity contribution is 5.92. The number of carbonyl (C=O) groups is 1. The Morgan fingerprint density at radius 2 is 2.42 bits per heavy atom. The first-order chi connectivity index (χ1) is 9.19. The van der Waals surface area contributed by atoms with Crippen LogP contribution in [-0.2, 0) is 4.74 Å². The first-order valence-corrected chi connectivity index (χ1v) is 6.88. The van der Waals surface area contributed by atoms with Gasteiger partial charge in [0.15, 0.2) is 0 Å². The van der Waals surface area contributed by atoms with E-state index in [-0.39, 0.29) is 11.5 Å². The van der Waals surface area contributed by atoms with E-state index in [1.54, 1.807) is 12.4 Å². The van der Waals surface area contributed by atoms with Crippen molar-refractivity contribution in [2.45, 2.75) is 31.8 Å². The zero-order valence-electron chi connectivity index (χ0n) is 11.2. The summed E-state index contributed by atoms with van der Waals surface area (Å²) < 4.78 is 5.98. The minimum atomic E-state index is -0.116. The molecule has 1 amide bonds. The standard InChI is InChI=1S/C14H19N3O2/c1-11-7-14(19-9-11)3-2-6-17(10-14)13(18)12-8-15-4-5-16-12/h4-5,8,11H,2-3,6-7,9-10H2,1H3. The van der Waals surface area contributed by atoms with Crippen molar-refractivity contribution in [1.29, 1.82) is 0 Å². The highest BCUT2D eigenvalue weighted by Crippen LogP contribution is 2.37. The fourth-order valence-corrected chi connectivity index (χ4v) is 3.20. The van der Waals surface area contributed by atoms with E-state index in [2.05, 4.69) is 16.9 Å². The van der Waals surface area contributed by atoms with E-state index in [0.29, 0.717) is 18.2 Å². The molecule has 1 aromatic heterocycles. The van der Waals surface area contributed by atoms with E-state index < -0.39 is 0 Å². The maximum absolute atomic E-state index is 12.4. The number of likely N-dealkylation sites (tertiary alicyclic amines) is 1. The number of carbonyl (C=O) groups excluding carboxylic acids is 1. The van der Waals surface area contributed by atoms with Gasteiger partial charge in [-0.25, -0.2) is 4.98 Å². The summed E-state index contributed by atoms with van der Waals surface area (Å²) in [6.45, 7) is 4.49. The molecule has 2 fully saturated rings. The van der Waals surface area contributed by atoms with Gasteiger partial charge in [-0.1, -0.05) is 6.92 Å². The molecule has 2 saturated heterocycles. The van der Waals surface area contributed by atoms with Gasteiger partial charge in [-0.15, -0.1) is 0 Å². The van der Waals surface area contributed by atoms with Crippen molar-refractivity contribution in [2.24, 2.45) is 5.92 Å². The van der Waals surface area contributed by atoms with E-state index in [1.807, 2.05) is 4.90 Å². The average Bonchev–Trinajstić information content (AvgIpc) is 2.79. The molecule has 1 aromatic rings. The minimum absolute atomic E-state index is 0.0321. The lowest BCUT2D eigenvalue weighted by atomic mass is 9.87. The zero-order valence-corrected chi connectivity index (χ0v) is 11.2. The zero-order chi connectivity index (χ0) is 13.3. The van der Waals surface area contributed by atoms with Gasteiger partial charge in [-0.2, -0.15) is 0 Å². The SMILES string of the molecule is CC1COC2(CCCN(C(=O)c3cnccn3)C2)C1. The second-order valence-electron chi connectivity index (χ2n) is 5.72. The summed E-state index contributed by atoms with van der Waals surface area (Å²) in [7, 11) is 0. The van der Waals surface area contributed by atoms with Crippen molar-refractivity contribution >= 4 is 5.91 Å². The Kier molecular flexibility index (Phi) is 3.22. The van der Waals surface area contributed by atoms with Gasteiger partial charge < -0.3 is 9.64 Å². The molecule has 2 unspecified atom stereocenters. The first kappa shape index (κ1) is 12.5. The van der Waals surface area contributed by atoms with Gasteiger partial charge in [0.25, 0.3) is 5.91 Å². The quantitative estimate of drug-likeness (QED) is 0.769. The third-order valence-electron chi connectivity index (χ3n) is 4.00. The highest BCUT2D eigenvalue weighted by Gasteiger charge is 2.43. The molecule has 0 aliphatic carbocycles. The molecule has 2 aliphatic rings. The minimum Gasteiger partial charge on any atom is -0.373 e. The summed E-state index contributed by atoms with van der Waals surface area (Å²) in [5, 5.41) is 0. The lowest BCUT2D eigenvalue weighted by molar-refractivity contribution is -0.0450. The van der Waals surface area contributed by atoms with Crippen molar-refractivity contribution in [2.75, 3.05) is 19.7 Å². The molecule has 5 nitrogen and oxygen atoms in total. The Bertz CT molecular complexity index is 461. The van der Waals surface area contributed by atoms with Gasteiger partial charge in [-0.05, 0) is 25.2 Å². The first-order valence-electron chi connectivity index (χ1n) is 6.88. The fourth-order valence-electron chi connectivity index (χ4n) is 3.20. The second-order valence-corrected chi connectivity index (χ2v) is 5.72. The molecule has 3 heterocycles. The Morgan fingerprint density at radius 1 is 1.53 bits per heavy atom. The molecule has 1 spiro atoms. The molecule has 0 N–H and O–H groups in total. The van der Waals surface area contributed by atoms with Gasteiger partial charge in [0, 0.05) is 18.9 Å². The Labute approximate surface area is 113 Å². The number of hydrogen-bond donors (Lipinski definition) is 0. The predicted molar refractivity (Wildman–Crippen MR) is 69.6 cm³/mol. The van der Waals surface area contributed by atoms with Crippen molar-refractivity contribution < 1.29 is 9.53 Å². The third-order valence-corrected chi connectivity index (χ3v) is 4.00. The largest absolute Gasteiger partial charge is 0.373 e. The van der Waals surface area contributed by atoms with E-state index in [4.69, 9.17) is 4.74 Å². The molecule has 3 rings (SSSR count). The summed E-state index contributed by atoms with van der Waals surface area (Å²) in [5.41, 5.74) is 0.306. The third kappa shape index (κ3) is 2.47. The Balaban J connectivity index is 1.74. The van der Waals surface area contributed by atoms with Crippen molar-refractivity contribution in [3.8, 4) is 0 Å². The summed E-state index contributed by atoms with van der Waals surface area (Å²) in [6.07, 6.45) is 7.77. The van der Waals surface area contributed by atoms with E-state index in [9.17, 15) is 4.79 Å². The monoisotopic (exact) mass is 261 g/mol. The second kappa shape index (κ2) is 4.89. The van der Waals surface area contributed by atoms with Crippen molar-refractivity contribution in [3.05, 3.63) is 24.3 Å². The fraction of sp³-hybridized carbons (Fsp3) is 0.643. The van der Waals surface area contributed by atoms with Crippen LogP contribution in [0.2, 0.25) is 0 Å². The number of hydrogen-bond acceptors (Lipinski definition) is 4. The molecule has 0 saturated carbocycles. The van der Waals surface area contributed by atoms with Gasteiger partial charge in [0.05, 0.1) is 24.9 Å². The molecule has 2 atom stereocenters. The van der Waals surface area contributed by atoms with Gasteiger partial charge >= 0.3 is 0 Å². The Morgan fingerprint density at radius 3 is 3.11 bits per heavy atom. The normalized spacial score (nSPS) is 30.8. The lowest BCUT2D eigenvalue weighted by Crippen LogP contribution is -2.50. The Hall–Kier alpha value is -1.49. The van der Waals surface area contributed by atoms with Crippen LogP contribution in [0.3, 0.4) is 0 Å². The maximum Gasteiger partial charge on any atom is 0.274 e. The van der Waals surface area contributed by atoms with Crippen LogP contribution >= 0.6 is 0 Å². The van der Waals surface area contributed by atoms with Gasteiger partial charge in [0.1, 0.15) is 5.69 Å². The lowest BCUT2D eigenvalue weighted by Gasteiger charge is -2.39. The molecule has 0 bridgehead atoms. The van der Waals surface area contributed by atoms with Crippen LogP contribution in [0.4, 0.5) is 0 Å². The van der Waals surface area contributed by atoms with Crippen LogP contribution in [0.25, 0.3) is 0 Å².